The van der Waals surface area contributed by atoms with E-state index in [1.54, 1.807) is 0 Å². The lowest BCUT2D eigenvalue weighted by molar-refractivity contribution is 0.288. The summed E-state index contributed by atoms with van der Waals surface area (Å²) in [5, 5.41) is 10.6. The van der Waals surface area contributed by atoms with E-state index in [2.05, 4.69) is 15.5 Å². The van der Waals surface area contributed by atoms with Gasteiger partial charge in [-0.2, -0.15) is 0 Å². The first-order valence-corrected chi connectivity index (χ1v) is 6.46. The lowest BCUT2D eigenvalue weighted by Crippen LogP contribution is -1.99. The molecule has 1 heterocycles. The van der Waals surface area contributed by atoms with Crippen molar-refractivity contribution in [2.24, 2.45) is 5.73 Å². The van der Waals surface area contributed by atoms with Crippen molar-refractivity contribution in [1.82, 2.24) is 10.2 Å². The number of ether oxygens (including phenoxy) is 2. The Bertz CT molecular complexity index is 556. The third-order valence-electron chi connectivity index (χ3n) is 2.44. The highest BCUT2D eigenvalue weighted by Gasteiger charge is 2.09. The highest BCUT2D eigenvalue weighted by molar-refractivity contribution is 5.59. The molecule has 2 rings (SSSR count). The maximum Gasteiger partial charge on any atom is 0.320 e. The molecule has 7 heteroatoms. The molecular formula is C13H18N4O3. The molecule has 108 valence electrons. The molecule has 0 atom stereocenters. The number of nitrogens with one attached hydrogen (secondary N) is 1. The highest BCUT2D eigenvalue weighted by atomic mass is 16.5. The quantitative estimate of drug-likeness (QED) is 0.800. The maximum absolute atomic E-state index is 5.54. The number of anilines is 2. The van der Waals surface area contributed by atoms with E-state index in [1.165, 1.54) is 0 Å². The van der Waals surface area contributed by atoms with Crippen LogP contribution < -0.4 is 20.5 Å². The smallest absolute Gasteiger partial charge is 0.320 e. The summed E-state index contributed by atoms with van der Waals surface area (Å²) in [6.07, 6.45) is 0. The predicted molar refractivity (Wildman–Crippen MR) is 74.3 cm³/mol. The summed E-state index contributed by atoms with van der Waals surface area (Å²) in [6, 6.07) is 5.79. The van der Waals surface area contributed by atoms with Crippen LogP contribution in [0.2, 0.25) is 0 Å². The molecule has 2 aromatic rings. The molecule has 0 bridgehead atoms. The lowest BCUT2D eigenvalue weighted by Gasteiger charge is -2.12. The van der Waals surface area contributed by atoms with Crippen LogP contribution in [-0.4, -0.2) is 23.4 Å². The Morgan fingerprint density at radius 1 is 1.15 bits per heavy atom. The summed E-state index contributed by atoms with van der Waals surface area (Å²) in [6.45, 7) is 5.19. The summed E-state index contributed by atoms with van der Waals surface area (Å²) in [7, 11) is 0. The van der Waals surface area contributed by atoms with Gasteiger partial charge in [0.2, 0.25) is 5.89 Å². The van der Waals surface area contributed by atoms with Crippen molar-refractivity contribution in [2.75, 3.05) is 18.5 Å². The SMILES string of the molecule is CCOc1ccc(Nc2nnc(CN)o2)cc1OCC. The molecule has 3 N–H and O–H groups in total. The molecule has 0 saturated carbocycles. The van der Waals surface area contributed by atoms with Crippen molar-refractivity contribution in [3.63, 3.8) is 0 Å². The molecular weight excluding hydrogens is 260 g/mol. The Balaban J connectivity index is 2.17. The first-order chi connectivity index (χ1) is 9.76. The van der Waals surface area contributed by atoms with Crippen LogP contribution >= 0.6 is 0 Å². The van der Waals surface area contributed by atoms with Crippen LogP contribution in [-0.2, 0) is 6.54 Å². The molecule has 20 heavy (non-hydrogen) atoms. The van der Waals surface area contributed by atoms with Crippen molar-refractivity contribution >= 4 is 11.7 Å². The summed E-state index contributed by atoms with van der Waals surface area (Å²) in [4.78, 5) is 0. The van der Waals surface area contributed by atoms with Gasteiger partial charge in [-0.3, -0.25) is 0 Å². The Morgan fingerprint density at radius 3 is 2.55 bits per heavy atom. The standard InChI is InChI=1S/C13H18N4O3/c1-3-18-10-6-5-9(7-11(10)19-4-2)15-13-17-16-12(8-14)20-13/h5-7H,3-4,8,14H2,1-2H3,(H,15,17). The highest BCUT2D eigenvalue weighted by Crippen LogP contribution is 2.31. The number of nitrogens with zero attached hydrogens (tertiary/aromatic N) is 2. The first kappa shape index (κ1) is 14.1. The average Bonchev–Trinajstić information content (AvgIpc) is 2.90. The van der Waals surface area contributed by atoms with Gasteiger partial charge in [-0.15, -0.1) is 5.10 Å². The zero-order valence-corrected chi connectivity index (χ0v) is 11.5. The van der Waals surface area contributed by atoms with Gasteiger partial charge >= 0.3 is 6.01 Å². The van der Waals surface area contributed by atoms with Gasteiger partial charge in [0.1, 0.15) is 0 Å². The molecule has 0 aliphatic heterocycles. The van der Waals surface area contributed by atoms with Crippen LogP contribution in [0.1, 0.15) is 19.7 Å². The molecule has 0 aliphatic rings. The van der Waals surface area contributed by atoms with E-state index in [1.807, 2.05) is 32.0 Å². The Labute approximate surface area is 117 Å². The van der Waals surface area contributed by atoms with Crippen LogP contribution in [0.3, 0.4) is 0 Å². The molecule has 0 fully saturated rings. The molecule has 1 aromatic carbocycles. The van der Waals surface area contributed by atoms with Crippen LogP contribution in [0.4, 0.5) is 11.7 Å². The molecule has 0 radical (unpaired) electrons. The van der Waals surface area contributed by atoms with E-state index in [-0.39, 0.29) is 12.6 Å². The number of hydrogen-bond donors (Lipinski definition) is 2. The van der Waals surface area contributed by atoms with Gasteiger partial charge in [0.25, 0.3) is 0 Å². The van der Waals surface area contributed by atoms with E-state index in [0.29, 0.717) is 30.6 Å². The fourth-order valence-corrected chi connectivity index (χ4v) is 1.64. The van der Waals surface area contributed by atoms with Crippen LogP contribution in [0.15, 0.2) is 22.6 Å². The summed E-state index contributed by atoms with van der Waals surface area (Å²) < 4.78 is 16.3. The molecule has 0 aliphatic carbocycles. The second-order valence-electron chi connectivity index (χ2n) is 3.86. The Hall–Kier alpha value is -2.28. The van der Waals surface area contributed by atoms with Crippen LogP contribution in [0.25, 0.3) is 0 Å². The normalized spacial score (nSPS) is 10.3. The molecule has 0 amide bonds. The zero-order chi connectivity index (χ0) is 14.4. The molecule has 1 aromatic heterocycles. The van der Waals surface area contributed by atoms with Crippen molar-refractivity contribution in [2.45, 2.75) is 20.4 Å². The van der Waals surface area contributed by atoms with Crippen molar-refractivity contribution in [3.8, 4) is 11.5 Å². The number of benzene rings is 1. The third-order valence-corrected chi connectivity index (χ3v) is 2.44. The number of hydrogen-bond acceptors (Lipinski definition) is 7. The van der Waals surface area contributed by atoms with Gasteiger partial charge in [0.15, 0.2) is 11.5 Å². The fraction of sp³-hybridized carbons (Fsp3) is 0.385. The minimum Gasteiger partial charge on any atom is -0.490 e. The largest absolute Gasteiger partial charge is 0.490 e. The Kier molecular flexibility index (Phi) is 4.78. The minimum atomic E-state index is 0.210. The van der Waals surface area contributed by atoms with Crippen LogP contribution in [0, 0.1) is 0 Å². The van der Waals surface area contributed by atoms with Gasteiger partial charge in [-0.05, 0) is 26.0 Å². The summed E-state index contributed by atoms with van der Waals surface area (Å²) in [5.41, 5.74) is 6.18. The van der Waals surface area contributed by atoms with Crippen molar-refractivity contribution in [1.29, 1.82) is 0 Å². The first-order valence-electron chi connectivity index (χ1n) is 6.46. The topological polar surface area (TPSA) is 95.4 Å². The molecule has 7 nitrogen and oxygen atoms in total. The minimum absolute atomic E-state index is 0.210. The van der Waals surface area contributed by atoms with E-state index in [4.69, 9.17) is 19.6 Å². The number of nitrogens with two attached hydrogens (primary N) is 1. The van der Waals surface area contributed by atoms with E-state index in [9.17, 15) is 0 Å². The fourth-order valence-electron chi connectivity index (χ4n) is 1.64. The molecule has 0 spiro atoms. The van der Waals surface area contributed by atoms with Crippen LogP contribution in [0.5, 0.6) is 11.5 Å². The number of rotatable bonds is 7. The maximum atomic E-state index is 5.54. The predicted octanol–water partition coefficient (Wildman–Crippen LogP) is 2.07. The van der Waals surface area contributed by atoms with Gasteiger partial charge in [-0.1, -0.05) is 5.10 Å². The van der Waals surface area contributed by atoms with Crippen molar-refractivity contribution in [3.05, 3.63) is 24.1 Å². The average molecular weight is 278 g/mol. The summed E-state index contributed by atoms with van der Waals surface area (Å²) >= 11 is 0. The van der Waals surface area contributed by atoms with E-state index >= 15 is 0 Å². The Morgan fingerprint density at radius 2 is 1.90 bits per heavy atom. The second kappa shape index (κ2) is 6.76. The molecule has 0 unspecified atom stereocenters. The van der Waals surface area contributed by atoms with E-state index in [0.717, 1.165) is 5.69 Å². The summed E-state index contributed by atoms with van der Waals surface area (Å²) in [5.74, 6) is 1.74. The second-order valence-corrected chi connectivity index (χ2v) is 3.86. The monoisotopic (exact) mass is 278 g/mol. The van der Waals surface area contributed by atoms with Gasteiger partial charge in [0, 0.05) is 11.8 Å². The molecule has 0 saturated heterocycles. The van der Waals surface area contributed by atoms with Gasteiger partial charge in [0.05, 0.1) is 19.8 Å². The van der Waals surface area contributed by atoms with Crippen molar-refractivity contribution < 1.29 is 13.9 Å². The number of aromatic nitrogens is 2. The van der Waals surface area contributed by atoms with Gasteiger partial charge in [-0.25, -0.2) is 0 Å². The zero-order valence-electron chi connectivity index (χ0n) is 11.5. The van der Waals surface area contributed by atoms with E-state index < -0.39 is 0 Å². The van der Waals surface area contributed by atoms with Gasteiger partial charge < -0.3 is 24.9 Å². The lowest BCUT2D eigenvalue weighted by atomic mass is 10.2. The third kappa shape index (κ3) is 3.39.